The summed E-state index contributed by atoms with van der Waals surface area (Å²) >= 11 is 0. The van der Waals surface area contributed by atoms with E-state index in [2.05, 4.69) is 37.8 Å². The Hall–Kier alpha value is -0.870. The van der Waals surface area contributed by atoms with Crippen molar-refractivity contribution in [3.8, 4) is 0 Å². The van der Waals surface area contributed by atoms with E-state index in [1.165, 1.54) is 23.4 Å². The molecule has 0 spiro atoms. The Morgan fingerprint density at radius 2 is 2.05 bits per heavy atom. The van der Waals surface area contributed by atoms with E-state index in [-0.39, 0.29) is 12.0 Å². The summed E-state index contributed by atoms with van der Waals surface area (Å²) in [7, 11) is 2.05. The van der Waals surface area contributed by atoms with Crippen LogP contribution in [0.4, 0.5) is 0 Å². The minimum atomic E-state index is 0.0687. The van der Waals surface area contributed by atoms with Gasteiger partial charge in [-0.3, -0.25) is 9.58 Å². The Morgan fingerprint density at radius 3 is 2.65 bits per heavy atom. The van der Waals surface area contributed by atoms with Crippen molar-refractivity contribution in [1.29, 1.82) is 0 Å². The summed E-state index contributed by atoms with van der Waals surface area (Å²) in [4.78, 5) is 2.50. The van der Waals surface area contributed by atoms with Crippen molar-refractivity contribution < 1.29 is 5.11 Å². The highest BCUT2D eigenvalue weighted by atomic mass is 16.3. The minimum Gasteiger partial charge on any atom is -0.396 e. The highest BCUT2D eigenvalue weighted by Crippen LogP contribution is 2.30. The molecule has 1 aliphatic rings. The molecule has 2 rings (SSSR count). The predicted molar refractivity (Wildman–Crippen MR) is 81.7 cm³/mol. The first kappa shape index (κ1) is 15.5. The summed E-state index contributed by atoms with van der Waals surface area (Å²) in [6.45, 7) is 9.98. The van der Waals surface area contributed by atoms with Gasteiger partial charge in [0, 0.05) is 43.4 Å². The van der Waals surface area contributed by atoms with Crippen LogP contribution in [0.25, 0.3) is 0 Å². The molecule has 0 amide bonds. The van der Waals surface area contributed by atoms with Gasteiger partial charge in [-0.25, -0.2) is 0 Å². The lowest BCUT2D eigenvalue weighted by Crippen LogP contribution is -2.43. The molecule has 0 radical (unpaired) electrons. The molecule has 1 aromatic heterocycles. The van der Waals surface area contributed by atoms with Crippen molar-refractivity contribution in [2.75, 3.05) is 19.7 Å². The maximum atomic E-state index is 9.60. The molecule has 1 unspecified atom stereocenters. The molecule has 0 aliphatic carbocycles. The van der Waals surface area contributed by atoms with Gasteiger partial charge in [0.25, 0.3) is 0 Å². The summed E-state index contributed by atoms with van der Waals surface area (Å²) in [6, 6.07) is 0. The molecule has 1 fully saturated rings. The first-order valence-corrected chi connectivity index (χ1v) is 7.89. The number of hydrogen-bond acceptors (Lipinski definition) is 3. The quantitative estimate of drug-likeness (QED) is 0.898. The molecule has 20 heavy (non-hydrogen) atoms. The third kappa shape index (κ3) is 3.07. The van der Waals surface area contributed by atoms with Crippen LogP contribution in [0.3, 0.4) is 0 Å². The number of aryl methyl sites for hydroxylation is 2. The number of nitrogens with zero attached hydrogens (tertiary/aromatic N) is 3. The van der Waals surface area contributed by atoms with E-state index in [0.29, 0.717) is 0 Å². The maximum Gasteiger partial charge on any atom is 0.0669 e. The minimum absolute atomic E-state index is 0.0687. The zero-order valence-electron chi connectivity index (χ0n) is 13.4. The normalized spacial score (nSPS) is 24.2. The fourth-order valence-corrected chi connectivity index (χ4v) is 3.49. The number of likely N-dealkylation sites (tertiary alicyclic amines) is 1. The van der Waals surface area contributed by atoms with Crippen molar-refractivity contribution in [3.63, 3.8) is 0 Å². The Balaban J connectivity index is 2.17. The number of aliphatic hydroxyl groups excluding tert-OH is 1. The average molecular weight is 279 g/mol. The highest BCUT2D eigenvalue weighted by Gasteiger charge is 2.31. The van der Waals surface area contributed by atoms with E-state index in [9.17, 15) is 5.11 Å². The van der Waals surface area contributed by atoms with E-state index in [4.69, 9.17) is 0 Å². The molecule has 0 aromatic carbocycles. The van der Waals surface area contributed by atoms with Gasteiger partial charge in [0.15, 0.2) is 0 Å². The van der Waals surface area contributed by atoms with Gasteiger partial charge in [0.05, 0.1) is 5.69 Å². The van der Waals surface area contributed by atoms with E-state index in [0.717, 1.165) is 38.9 Å². The SMILES string of the molecule is CCc1nn(C)c(CC)c1CN1CCCC(C)(CO)C1. The monoisotopic (exact) mass is 279 g/mol. The van der Waals surface area contributed by atoms with Crippen molar-refractivity contribution >= 4 is 0 Å². The molecule has 1 aliphatic heterocycles. The summed E-state index contributed by atoms with van der Waals surface area (Å²) < 4.78 is 2.04. The predicted octanol–water partition coefficient (Wildman–Crippen LogP) is 2.14. The van der Waals surface area contributed by atoms with Gasteiger partial charge in [-0.05, 0) is 32.2 Å². The van der Waals surface area contributed by atoms with Crippen molar-refractivity contribution in [2.24, 2.45) is 12.5 Å². The average Bonchev–Trinajstić information content (AvgIpc) is 2.74. The lowest BCUT2D eigenvalue weighted by atomic mass is 9.82. The molecule has 1 aromatic rings. The van der Waals surface area contributed by atoms with Gasteiger partial charge in [-0.2, -0.15) is 5.10 Å². The standard InChI is InChI=1S/C16H29N3O/c1-5-14-13(15(6-2)18(4)17-14)10-19-9-7-8-16(3,11-19)12-20/h20H,5-12H2,1-4H3. The molecule has 1 saturated heterocycles. The van der Waals surface area contributed by atoms with Crippen molar-refractivity contribution in [1.82, 2.24) is 14.7 Å². The maximum absolute atomic E-state index is 9.60. The topological polar surface area (TPSA) is 41.3 Å². The van der Waals surface area contributed by atoms with Crippen LogP contribution >= 0.6 is 0 Å². The first-order chi connectivity index (χ1) is 9.53. The van der Waals surface area contributed by atoms with Gasteiger partial charge in [0.1, 0.15) is 0 Å². The number of piperidine rings is 1. The van der Waals surface area contributed by atoms with Gasteiger partial charge in [0.2, 0.25) is 0 Å². The molecule has 1 N–H and O–H groups in total. The fraction of sp³-hybridized carbons (Fsp3) is 0.812. The van der Waals surface area contributed by atoms with Gasteiger partial charge in [-0.15, -0.1) is 0 Å². The second-order valence-electron chi connectivity index (χ2n) is 6.49. The lowest BCUT2D eigenvalue weighted by Gasteiger charge is -2.39. The van der Waals surface area contributed by atoms with Crippen LogP contribution in [0.15, 0.2) is 0 Å². The van der Waals surface area contributed by atoms with Gasteiger partial charge < -0.3 is 5.11 Å². The second-order valence-corrected chi connectivity index (χ2v) is 6.49. The molecule has 4 heteroatoms. The number of aromatic nitrogens is 2. The number of rotatable bonds is 5. The summed E-state index contributed by atoms with van der Waals surface area (Å²) in [5, 5.41) is 14.3. The zero-order valence-corrected chi connectivity index (χ0v) is 13.4. The van der Waals surface area contributed by atoms with E-state index in [1.807, 2.05) is 4.68 Å². The second kappa shape index (κ2) is 6.27. The van der Waals surface area contributed by atoms with E-state index in [1.54, 1.807) is 0 Å². The smallest absolute Gasteiger partial charge is 0.0669 e. The highest BCUT2D eigenvalue weighted by molar-refractivity contribution is 5.26. The largest absolute Gasteiger partial charge is 0.396 e. The molecular weight excluding hydrogens is 250 g/mol. The Kier molecular flexibility index (Phi) is 4.86. The van der Waals surface area contributed by atoms with E-state index < -0.39 is 0 Å². The molecule has 2 heterocycles. The van der Waals surface area contributed by atoms with Crippen LogP contribution in [-0.2, 0) is 26.4 Å². The number of hydrogen-bond donors (Lipinski definition) is 1. The Bertz CT molecular complexity index is 455. The molecule has 4 nitrogen and oxygen atoms in total. The molecule has 114 valence electrons. The Morgan fingerprint density at radius 1 is 1.30 bits per heavy atom. The summed E-state index contributed by atoms with van der Waals surface area (Å²) in [5.74, 6) is 0. The summed E-state index contributed by atoms with van der Waals surface area (Å²) in [6.07, 6.45) is 4.34. The fourth-order valence-electron chi connectivity index (χ4n) is 3.49. The molecule has 0 saturated carbocycles. The number of aliphatic hydroxyl groups is 1. The van der Waals surface area contributed by atoms with Crippen molar-refractivity contribution in [2.45, 2.75) is 53.0 Å². The third-order valence-corrected chi connectivity index (χ3v) is 4.65. The molecule has 0 bridgehead atoms. The Labute approximate surface area is 122 Å². The molecular formula is C16H29N3O. The molecule has 1 atom stereocenters. The summed E-state index contributed by atoms with van der Waals surface area (Å²) in [5.41, 5.74) is 4.08. The first-order valence-electron chi connectivity index (χ1n) is 7.89. The van der Waals surface area contributed by atoms with Crippen LogP contribution in [0.1, 0.15) is 50.6 Å². The van der Waals surface area contributed by atoms with Crippen molar-refractivity contribution in [3.05, 3.63) is 17.0 Å². The third-order valence-electron chi connectivity index (χ3n) is 4.65. The van der Waals surface area contributed by atoms with Crippen LogP contribution in [0, 0.1) is 5.41 Å². The van der Waals surface area contributed by atoms with Crippen LogP contribution in [0.5, 0.6) is 0 Å². The van der Waals surface area contributed by atoms with Crippen LogP contribution in [-0.4, -0.2) is 39.5 Å². The van der Waals surface area contributed by atoms with Crippen LogP contribution < -0.4 is 0 Å². The lowest BCUT2D eigenvalue weighted by molar-refractivity contribution is 0.0427. The van der Waals surface area contributed by atoms with Gasteiger partial charge in [-0.1, -0.05) is 20.8 Å². The van der Waals surface area contributed by atoms with Gasteiger partial charge >= 0.3 is 0 Å². The van der Waals surface area contributed by atoms with Crippen LogP contribution in [0.2, 0.25) is 0 Å². The van der Waals surface area contributed by atoms with E-state index >= 15 is 0 Å². The zero-order chi connectivity index (χ0) is 14.8.